The first kappa shape index (κ1) is 23.4. The van der Waals surface area contributed by atoms with E-state index < -0.39 is 12.1 Å². The number of rotatable bonds is 6. The molecule has 1 atom stereocenters. The van der Waals surface area contributed by atoms with Gasteiger partial charge in [0.2, 0.25) is 0 Å². The van der Waals surface area contributed by atoms with Crippen molar-refractivity contribution in [3.63, 3.8) is 0 Å². The van der Waals surface area contributed by atoms with Crippen LogP contribution in [0.2, 0.25) is 0 Å². The van der Waals surface area contributed by atoms with Gasteiger partial charge >= 0.3 is 0 Å². The second-order valence-corrected chi connectivity index (χ2v) is 20.6. The maximum atomic E-state index is 6.70. The first-order valence-electron chi connectivity index (χ1n) is 11.5. The van der Waals surface area contributed by atoms with Gasteiger partial charge in [-0.25, -0.2) is 0 Å². The van der Waals surface area contributed by atoms with Crippen molar-refractivity contribution in [3.05, 3.63) is 65.7 Å². The van der Waals surface area contributed by atoms with Gasteiger partial charge < -0.3 is 0 Å². The molecule has 0 nitrogen and oxygen atoms in total. The summed E-state index contributed by atoms with van der Waals surface area (Å²) < 4.78 is 0. The van der Waals surface area contributed by atoms with Gasteiger partial charge in [0.25, 0.3) is 0 Å². The summed E-state index contributed by atoms with van der Waals surface area (Å²) in [6.07, 6.45) is 2.27. The number of aryl methyl sites for hydroxylation is 2. The first-order chi connectivity index (χ1) is 14.6. The fraction of sp³-hybridized carbons (Fsp3) is 0.407. The van der Waals surface area contributed by atoms with Crippen molar-refractivity contribution in [1.29, 1.82) is 0 Å². The molecule has 0 aliphatic heterocycles. The van der Waals surface area contributed by atoms with E-state index in [0.29, 0.717) is 17.0 Å². The van der Waals surface area contributed by atoms with Crippen molar-refractivity contribution in [1.82, 2.24) is 0 Å². The molecule has 164 valence electrons. The van der Waals surface area contributed by atoms with E-state index in [4.69, 9.17) is 23.6 Å². The molecule has 0 spiro atoms. The van der Waals surface area contributed by atoms with E-state index in [2.05, 4.69) is 96.1 Å². The number of hydrogen-bond acceptors (Lipinski definition) is 2. The summed E-state index contributed by atoms with van der Waals surface area (Å²) in [5.74, 6) is 0. The Morgan fingerprint density at radius 3 is 1.61 bits per heavy atom. The van der Waals surface area contributed by atoms with Crippen LogP contribution < -0.4 is 15.9 Å². The molecular formula is C27H34P2S2. The summed E-state index contributed by atoms with van der Waals surface area (Å²) >= 11 is 13.3. The monoisotopic (exact) mass is 484 g/mol. The predicted molar refractivity (Wildman–Crippen MR) is 151 cm³/mol. The number of benzene rings is 3. The van der Waals surface area contributed by atoms with Gasteiger partial charge in [0.1, 0.15) is 0 Å². The Labute approximate surface area is 198 Å². The van der Waals surface area contributed by atoms with Gasteiger partial charge in [0.15, 0.2) is 0 Å². The minimum atomic E-state index is -2.01. The zero-order chi connectivity index (χ0) is 22.6. The van der Waals surface area contributed by atoms with Crippen molar-refractivity contribution in [2.24, 2.45) is 0 Å². The largest absolute Gasteiger partial charge is 0.0920 e. The van der Waals surface area contributed by atoms with E-state index in [1.54, 1.807) is 0 Å². The molecule has 4 rings (SSSR count). The highest BCUT2D eigenvalue weighted by Gasteiger charge is 2.35. The fourth-order valence-electron chi connectivity index (χ4n) is 5.38. The van der Waals surface area contributed by atoms with Crippen LogP contribution in [0.4, 0.5) is 0 Å². The third kappa shape index (κ3) is 3.54. The molecule has 4 heteroatoms. The molecule has 0 bridgehead atoms. The van der Waals surface area contributed by atoms with Gasteiger partial charge in [-0.15, -0.1) is 0 Å². The SMILES string of the molecule is CC(C)P(=S)(c1ccccc1)c1ccc2c3c(ccc(P(=S)(C(C)C)C(C)C)c13)CC2. The lowest BCUT2D eigenvalue weighted by molar-refractivity contribution is 1.02. The summed E-state index contributed by atoms with van der Waals surface area (Å²) in [7, 11) is 0. The Balaban J connectivity index is 2.19. The molecule has 3 aromatic rings. The maximum Gasteiger partial charge on any atom is 0.0136 e. The molecular weight excluding hydrogens is 450 g/mol. The molecule has 0 heterocycles. The van der Waals surface area contributed by atoms with E-state index in [9.17, 15) is 0 Å². The van der Waals surface area contributed by atoms with Crippen molar-refractivity contribution >= 4 is 62.4 Å². The van der Waals surface area contributed by atoms with Gasteiger partial charge in [0.05, 0.1) is 0 Å². The van der Waals surface area contributed by atoms with E-state index in [-0.39, 0.29) is 0 Å². The van der Waals surface area contributed by atoms with Gasteiger partial charge in [-0.1, -0.05) is 120 Å². The van der Waals surface area contributed by atoms with E-state index in [1.165, 1.54) is 37.8 Å². The average Bonchev–Trinajstić information content (AvgIpc) is 3.17. The smallest absolute Gasteiger partial charge is 0.0136 e. The Hall–Kier alpha value is -0.780. The summed E-state index contributed by atoms with van der Waals surface area (Å²) in [4.78, 5) is 0. The summed E-state index contributed by atoms with van der Waals surface area (Å²) in [5.41, 5.74) is 4.32. The van der Waals surface area contributed by atoms with Crippen molar-refractivity contribution in [2.45, 2.75) is 71.4 Å². The molecule has 1 aliphatic rings. The van der Waals surface area contributed by atoms with Crippen molar-refractivity contribution < 1.29 is 0 Å². The number of hydrogen-bond donors (Lipinski definition) is 0. The predicted octanol–water partition coefficient (Wildman–Crippen LogP) is 6.70. The highest BCUT2D eigenvalue weighted by molar-refractivity contribution is 8.22. The minimum absolute atomic E-state index is 0.396. The van der Waals surface area contributed by atoms with Crippen LogP contribution in [0.1, 0.15) is 52.7 Å². The van der Waals surface area contributed by atoms with Crippen LogP contribution in [-0.4, -0.2) is 17.0 Å². The van der Waals surface area contributed by atoms with Crippen LogP contribution in [-0.2, 0) is 36.5 Å². The van der Waals surface area contributed by atoms with Crippen LogP contribution in [0.5, 0.6) is 0 Å². The average molecular weight is 485 g/mol. The molecule has 0 amide bonds. The highest BCUT2D eigenvalue weighted by Crippen LogP contribution is 2.58. The molecule has 1 unspecified atom stereocenters. The molecule has 31 heavy (non-hydrogen) atoms. The Bertz CT molecular complexity index is 1200. The van der Waals surface area contributed by atoms with Crippen LogP contribution in [0.25, 0.3) is 10.8 Å². The molecule has 3 aromatic carbocycles. The second kappa shape index (κ2) is 8.53. The van der Waals surface area contributed by atoms with Crippen LogP contribution >= 0.6 is 12.1 Å². The van der Waals surface area contributed by atoms with Gasteiger partial charge in [-0.05, 0) is 73.7 Å². The van der Waals surface area contributed by atoms with Crippen LogP contribution in [0, 0.1) is 0 Å². The first-order valence-corrected chi connectivity index (χ1v) is 17.3. The van der Waals surface area contributed by atoms with E-state index in [1.807, 2.05) is 0 Å². The molecule has 1 aliphatic carbocycles. The third-order valence-electron chi connectivity index (χ3n) is 7.09. The van der Waals surface area contributed by atoms with E-state index >= 15 is 0 Å². The second-order valence-electron chi connectivity index (χ2n) is 9.72. The van der Waals surface area contributed by atoms with E-state index in [0.717, 1.165) is 12.8 Å². The van der Waals surface area contributed by atoms with Gasteiger partial charge in [0, 0.05) is 6.04 Å². The molecule has 0 radical (unpaired) electrons. The quantitative estimate of drug-likeness (QED) is 0.357. The van der Waals surface area contributed by atoms with Crippen molar-refractivity contribution in [3.8, 4) is 0 Å². The lowest BCUT2D eigenvalue weighted by Crippen LogP contribution is -2.28. The Morgan fingerprint density at radius 2 is 1.13 bits per heavy atom. The fourth-order valence-corrected chi connectivity index (χ4v) is 12.8. The molecule has 0 aromatic heterocycles. The topological polar surface area (TPSA) is 0 Å². The van der Waals surface area contributed by atoms with Crippen molar-refractivity contribution in [2.75, 3.05) is 0 Å². The molecule has 0 saturated heterocycles. The highest BCUT2D eigenvalue weighted by atomic mass is 32.4. The lowest BCUT2D eigenvalue weighted by Gasteiger charge is -2.35. The van der Waals surface area contributed by atoms with Gasteiger partial charge in [-0.2, -0.15) is 0 Å². The summed E-state index contributed by atoms with van der Waals surface area (Å²) in [6, 6.07) is 16.7. The van der Waals surface area contributed by atoms with Crippen LogP contribution in [0.15, 0.2) is 54.6 Å². The summed E-state index contributed by atoms with van der Waals surface area (Å²) in [6.45, 7) is 14.0. The lowest BCUT2D eigenvalue weighted by atomic mass is 10.1. The zero-order valence-corrected chi connectivity index (χ0v) is 23.0. The maximum absolute atomic E-state index is 6.70. The van der Waals surface area contributed by atoms with Gasteiger partial charge in [-0.3, -0.25) is 0 Å². The molecule has 0 saturated carbocycles. The standard InChI is InChI=1S/C27H34P2S2/c1-18(2)28(30,19(3)4)24-16-14-21-12-13-22-15-17-25(27(24)26(21)22)29(31,20(5)6)23-10-8-7-9-11-23/h7-11,14-20H,12-13H2,1-6H3. The Morgan fingerprint density at radius 1 is 0.613 bits per heavy atom. The molecule has 0 N–H and O–H groups in total. The Kier molecular flexibility index (Phi) is 6.44. The molecule has 0 fully saturated rings. The zero-order valence-electron chi connectivity index (χ0n) is 19.6. The summed E-state index contributed by atoms with van der Waals surface area (Å²) in [5, 5.41) is 7.09. The van der Waals surface area contributed by atoms with Crippen LogP contribution in [0.3, 0.4) is 0 Å². The third-order valence-corrected chi connectivity index (χ3v) is 20.5. The minimum Gasteiger partial charge on any atom is -0.0920 e. The normalized spacial score (nSPS) is 15.9.